The predicted molar refractivity (Wildman–Crippen MR) is 75.0 cm³/mol. The molecule has 0 heterocycles. The van der Waals surface area contributed by atoms with Crippen LogP contribution >= 0.6 is 0 Å². The maximum absolute atomic E-state index is 11.9. The molecule has 2 N–H and O–H groups in total. The monoisotopic (exact) mass is 260 g/mol. The van der Waals surface area contributed by atoms with Gasteiger partial charge in [0.05, 0.1) is 5.71 Å². The summed E-state index contributed by atoms with van der Waals surface area (Å²) in [6.07, 6.45) is 5.43. The van der Waals surface area contributed by atoms with Gasteiger partial charge < -0.3 is 5.11 Å². The summed E-state index contributed by atoms with van der Waals surface area (Å²) in [6, 6.07) is 6.85. The van der Waals surface area contributed by atoms with Crippen LogP contribution in [0.25, 0.3) is 0 Å². The molecule has 1 fully saturated rings. The van der Waals surface area contributed by atoms with Crippen molar-refractivity contribution in [2.45, 2.75) is 39.0 Å². The van der Waals surface area contributed by atoms with Crippen LogP contribution in [0.3, 0.4) is 0 Å². The van der Waals surface area contributed by atoms with E-state index in [0.717, 1.165) is 31.2 Å². The van der Waals surface area contributed by atoms with Crippen molar-refractivity contribution in [1.29, 1.82) is 0 Å². The lowest BCUT2D eigenvalue weighted by molar-refractivity contribution is -0.125. The molecule has 19 heavy (non-hydrogen) atoms. The van der Waals surface area contributed by atoms with E-state index in [4.69, 9.17) is 0 Å². The first-order valence-corrected chi connectivity index (χ1v) is 6.80. The molecule has 4 nitrogen and oxygen atoms in total. The quantitative estimate of drug-likeness (QED) is 0.648. The number of benzene rings is 1. The molecule has 0 unspecified atom stereocenters. The third-order valence-corrected chi connectivity index (χ3v) is 3.57. The van der Waals surface area contributed by atoms with Gasteiger partial charge in [0.2, 0.25) is 5.91 Å². The van der Waals surface area contributed by atoms with Crippen LogP contribution in [0, 0.1) is 5.92 Å². The van der Waals surface area contributed by atoms with Gasteiger partial charge in [0.15, 0.2) is 0 Å². The molecular weight excluding hydrogens is 240 g/mol. The molecule has 1 aromatic rings. The number of nitrogens with one attached hydrogen (secondary N) is 1. The minimum Gasteiger partial charge on any atom is -0.508 e. The largest absolute Gasteiger partial charge is 0.508 e. The summed E-state index contributed by atoms with van der Waals surface area (Å²) < 4.78 is 0. The van der Waals surface area contributed by atoms with Gasteiger partial charge in [-0.15, -0.1) is 0 Å². The Hall–Kier alpha value is -1.84. The molecule has 1 saturated carbocycles. The van der Waals surface area contributed by atoms with Crippen LogP contribution in [0.4, 0.5) is 0 Å². The van der Waals surface area contributed by atoms with Crippen molar-refractivity contribution in [3.05, 3.63) is 29.8 Å². The van der Waals surface area contributed by atoms with E-state index in [2.05, 4.69) is 10.5 Å². The van der Waals surface area contributed by atoms with Gasteiger partial charge in [-0.05, 0) is 31.9 Å². The van der Waals surface area contributed by atoms with Crippen molar-refractivity contribution in [3.8, 4) is 5.75 Å². The smallest absolute Gasteiger partial charge is 0.243 e. The van der Waals surface area contributed by atoms with Crippen LogP contribution < -0.4 is 5.43 Å². The molecule has 0 spiro atoms. The maximum atomic E-state index is 11.9. The molecule has 1 aliphatic carbocycles. The number of aromatic hydroxyl groups is 1. The number of carbonyl (C=O) groups excluding carboxylic acids is 1. The number of carbonyl (C=O) groups is 1. The second-order valence-corrected chi connectivity index (χ2v) is 5.06. The number of hydrogen-bond acceptors (Lipinski definition) is 3. The summed E-state index contributed by atoms with van der Waals surface area (Å²) >= 11 is 0. The fourth-order valence-corrected chi connectivity index (χ4v) is 2.39. The molecule has 0 saturated heterocycles. The highest BCUT2D eigenvalue weighted by atomic mass is 16.3. The summed E-state index contributed by atoms with van der Waals surface area (Å²) in [7, 11) is 0. The van der Waals surface area contributed by atoms with Crippen molar-refractivity contribution in [3.63, 3.8) is 0 Å². The van der Waals surface area contributed by atoms with E-state index in [1.165, 1.54) is 6.42 Å². The molecular formula is C15H20N2O2. The van der Waals surface area contributed by atoms with Crippen LogP contribution in [0.1, 0.15) is 44.6 Å². The number of amides is 1. The van der Waals surface area contributed by atoms with Crippen molar-refractivity contribution >= 4 is 11.6 Å². The van der Waals surface area contributed by atoms with E-state index in [9.17, 15) is 9.90 Å². The van der Waals surface area contributed by atoms with Crippen LogP contribution in [-0.2, 0) is 4.79 Å². The zero-order chi connectivity index (χ0) is 13.7. The number of hydrazone groups is 1. The highest BCUT2D eigenvalue weighted by Gasteiger charge is 2.20. The van der Waals surface area contributed by atoms with Gasteiger partial charge in [-0.1, -0.05) is 31.4 Å². The van der Waals surface area contributed by atoms with Gasteiger partial charge in [-0.2, -0.15) is 5.10 Å². The normalized spacial score (nSPS) is 17.2. The van der Waals surface area contributed by atoms with Gasteiger partial charge in [-0.3, -0.25) is 4.79 Å². The number of phenolic OH excluding ortho intramolecular Hbond substituents is 1. The third-order valence-electron chi connectivity index (χ3n) is 3.57. The van der Waals surface area contributed by atoms with Gasteiger partial charge in [0, 0.05) is 11.5 Å². The molecule has 0 aliphatic heterocycles. The van der Waals surface area contributed by atoms with Crippen molar-refractivity contribution < 1.29 is 9.90 Å². The average molecular weight is 260 g/mol. The molecule has 0 aromatic heterocycles. The lowest BCUT2D eigenvalue weighted by Crippen LogP contribution is -2.29. The van der Waals surface area contributed by atoms with E-state index >= 15 is 0 Å². The van der Waals surface area contributed by atoms with Crippen LogP contribution in [0.15, 0.2) is 29.4 Å². The Morgan fingerprint density at radius 2 is 2.05 bits per heavy atom. The number of nitrogens with zero attached hydrogens (tertiary/aromatic N) is 1. The highest BCUT2D eigenvalue weighted by Crippen LogP contribution is 2.23. The third kappa shape index (κ3) is 3.81. The molecule has 0 atom stereocenters. The Kier molecular flexibility index (Phi) is 4.55. The van der Waals surface area contributed by atoms with Gasteiger partial charge >= 0.3 is 0 Å². The zero-order valence-electron chi connectivity index (χ0n) is 11.2. The predicted octanol–water partition coefficient (Wildman–Crippen LogP) is 2.81. The molecule has 0 radical (unpaired) electrons. The van der Waals surface area contributed by atoms with Gasteiger partial charge in [0.25, 0.3) is 0 Å². The Balaban J connectivity index is 1.95. The molecule has 4 heteroatoms. The molecule has 1 aliphatic rings. The van der Waals surface area contributed by atoms with Gasteiger partial charge in [0.1, 0.15) is 5.75 Å². The van der Waals surface area contributed by atoms with E-state index in [-0.39, 0.29) is 17.6 Å². The molecule has 1 amide bonds. The summed E-state index contributed by atoms with van der Waals surface area (Å²) in [6.45, 7) is 1.82. The van der Waals surface area contributed by atoms with E-state index < -0.39 is 0 Å². The molecule has 0 bridgehead atoms. The standard InChI is InChI=1S/C15H20N2O2/c1-11(13-8-5-9-14(18)10-13)16-17-15(19)12-6-3-2-4-7-12/h5,8-10,12,18H,2-4,6-7H2,1H3,(H,17,19). The number of hydrogen-bond donors (Lipinski definition) is 2. The van der Waals surface area contributed by atoms with Crippen molar-refractivity contribution in [2.75, 3.05) is 0 Å². The Bertz CT molecular complexity index is 477. The minimum absolute atomic E-state index is 0.0132. The Morgan fingerprint density at radius 1 is 1.32 bits per heavy atom. The molecule has 2 rings (SSSR count). The van der Waals surface area contributed by atoms with E-state index in [0.29, 0.717) is 5.71 Å². The molecule has 102 valence electrons. The summed E-state index contributed by atoms with van der Waals surface area (Å²) in [4.78, 5) is 11.9. The van der Waals surface area contributed by atoms with Crippen molar-refractivity contribution in [2.24, 2.45) is 11.0 Å². The summed E-state index contributed by atoms with van der Waals surface area (Å²) in [5.41, 5.74) is 4.14. The fourth-order valence-electron chi connectivity index (χ4n) is 2.39. The second kappa shape index (κ2) is 6.36. The fraction of sp³-hybridized carbons (Fsp3) is 0.467. The lowest BCUT2D eigenvalue weighted by atomic mass is 9.89. The summed E-state index contributed by atoms with van der Waals surface area (Å²) in [5, 5.41) is 13.5. The Morgan fingerprint density at radius 3 is 2.74 bits per heavy atom. The van der Waals surface area contributed by atoms with Crippen LogP contribution in [-0.4, -0.2) is 16.7 Å². The first-order chi connectivity index (χ1) is 9.16. The topological polar surface area (TPSA) is 61.7 Å². The molecule has 1 aromatic carbocycles. The van der Waals surface area contributed by atoms with Crippen LogP contribution in [0.2, 0.25) is 0 Å². The first kappa shape index (κ1) is 13.6. The zero-order valence-corrected chi connectivity index (χ0v) is 11.2. The second-order valence-electron chi connectivity index (χ2n) is 5.06. The Labute approximate surface area is 113 Å². The number of rotatable bonds is 3. The van der Waals surface area contributed by atoms with Crippen LogP contribution in [0.5, 0.6) is 5.75 Å². The maximum Gasteiger partial charge on any atom is 0.243 e. The minimum atomic E-state index is 0.0132. The van der Waals surface area contributed by atoms with E-state index in [1.807, 2.05) is 13.0 Å². The van der Waals surface area contributed by atoms with Crippen molar-refractivity contribution in [1.82, 2.24) is 5.43 Å². The first-order valence-electron chi connectivity index (χ1n) is 6.80. The number of phenols is 1. The average Bonchev–Trinajstić information content (AvgIpc) is 2.45. The lowest BCUT2D eigenvalue weighted by Gasteiger charge is -2.19. The highest BCUT2D eigenvalue weighted by molar-refractivity contribution is 5.99. The summed E-state index contributed by atoms with van der Waals surface area (Å²) in [5.74, 6) is 0.319. The van der Waals surface area contributed by atoms with Gasteiger partial charge in [-0.25, -0.2) is 5.43 Å². The SMILES string of the molecule is CC(=NNC(=O)C1CCCCC1)c1cccc(O)c1. The van der Waals surface area contributed by atoms with E-state index in [1.54, 1.807) is 18.2 Å².